The van der Waals surface area contributed by atoms with Crippen LogP contribution in [0.5, 0.6) is 0 Å². The van der Waals surface area contributed by atoms with Gasteiger partial charge >= 0.3 is 0 Å². The third kappa shape index (κ3) is 3.30. The second-order valence-electron chi connectivity index (χ2n) is 4.12. The van der Waals surface area contributed by atoms with Crippen molar-refractivity contribution >= 4 is 11.4 Å². The highest BCUT2D eigenvalue weighted by Crippen LogP contribution is 2.22. The Balaban J connectivity index is 3.28. The van der Waals surface area contributed by atoms with Crippen LogP contribution >= 0.6 is 0 Å². The van der Waals surface area contributed by atoms with Crippen LogP contribution in [0.15, 0.2) is 60.2 Å². The first-order valence-electron chi connectivity index (χ1n) is 6.26. The molecule has 0 saturated heterocycles. The Hall–Kier alpha value is -1.89. The fourth-order valence-corrected chi connectivity index (χ4v) is 1.72. The van der Waals surface area contributed by atoms with Crippen molar-refractivity contribution in [1.29, 1.82) is 0 Å². The van der Waals surface area contributed by atoms with Crippen molar-refractivity contribution in [3.05, 3.63) is 66.3 Å². The van der Waals surface area contributed by atoms with Crippen LogP contribution in [-0.2, 0) is 6.42 Å². The van der Waals surface area contributed by atoms with Crippen LogP contribution in [0.3, 0.4) is 0 Å². The average molecular weight is 239 g/mol. The molecule has 0 fully saturated rings. The molecule has 1 aromatic rings. The molecule has 18 heavy (non-hydrogen) atoms. The van der Waals surface area contributed by atoms with E-state index in [9.17, 15) is 0 Å². The molecule has 1 aromatic carbocycles. The number of aliphatic imine (C=N–C) groups is 1. The van der Waals surface area contributed by atoms with E-state index in [1.807, 2.05) is 13.0 Å². The topological polar surface area (TPSA) is 12.4 Å². The van der Waals surface area contributed by atoms with Crippen molar-refractivity contribution in [1.82, 2.24) is 0 Å². The molecule has 0 aromatic heterocycles. The van der Waals surface area contributed by atoms with Gasteiger partial charge in [-0.25, -0.2) is 4.99 Å². The second-order valence-corrected chi connectivity index (χ2v) is 4.12. The quantitative estimate of drug-likeness (QED) is 0.509. The fourth-order valence-electron chi connectivity index (χ4n) is 1.72. The lowest BCUT2D eigenvalue weighted by Gasteiger charge is -2.06. The van der Waals surface area contributed by atoms with Crippen LogP contribution in [0.2, 0.25) is 0 Å². The molecule has 0 heterocycles. The summed E-state index contributed by atoms with van der Waals surface area (Å²) in [5.74, 6) is 0. The summed E-state index contributed by atoms with van der Waals surface area (Å²) in [7, 11) is 0. The van der Waals surface area contributed by atoms with E-state index in [1.54, 1.807) is 12.2 Å². The van der Waals surface area contributed by atoms with Crippen LogP contribution in [0, 0.1) is 6.92 Å². The minimum atomic E-state index is 0.865. The minimum absolute atomic E-state index is 0.865. The Morgan fingerprint density at radius 2 is 2.00 bits per heavy atom. The van der Waals surface area contributed by atoms with Gasteiger partial charge in [-0.1, -0.05) is 44.4 Å². The summed E-state index contributed by atoms with van der Waals surface area (Å²) in [6.45, 7) is 13.8. The zero-order valence-electron chi connectivity index (χ0n) is 11.5. The lowest BCUT2D eigenvalue weighted by Crippen LogP contribution is -1.96. The van der Waals surface area contributed by atoms with E-state index < -0.39 is 0 Å². The maximum Gasteiger partial charge on any atom is 0.0699 e. The summed E-state index contributed by atoms with van der Waals surface area (Å²) >= 11 is 0. The zero-order valence-corrected chi connectivity index (χ0v) is 11.5. The summed E-state index contributed by atoms with van der Waals surface area (Å²) in [4.78, 5) is 4.69. The number of benzene rings is 1. The summed E-state index contributed by atoms with van der Waals surface area (Å²) in [6.07, 6.45) is 6.59. The molecule has 1 heteroatoms. The number of hydrogen-bond acceptors (Lipinski definition) is 1. The van der Waals surface area contributed by atoms with Crippen molar-refractivity contribution in [2.45, 2.75) is 27.2 Å². The lowest BCUT2D eigenvalue weighted by molar-refractivity contribution is 1.13. The van der Waals surface area contributed by atoms with E-state index in [1.165, 1.54) is 11.1 Å². The first kappa shape index (κ1) is 14.2. The molecule has 0 saturated carbocycles. The van der Waals surface area contributed by atoms with Gasteiger partial charge in [0, 0.05) is 0 Å². The molecule has 0 aliphatic carbocycles. The molecule has 0 radical (unpaired) electrons. The van der Waals surface area contributed by atoms with Gasteiger partial charge in [-0.15, -0.1) is 0 Å². The molecule has 0 aliphatic rings. The molecule has 0 amide bonds. The Morgan fingerprint density at radius 1 is 1.28 bits per heavy atom. The van der Waals surface area contributed by atoms with E-state index in [2.05, 4.69) is 50.2 Å². The van der Waals surface area contributed by atoms with Gasteiger partial charge in [-0.05, 0) is 49.1 Å². The number of hydrogen-bond donors (Lipinski definition) is 0. The number of aryl methyl sites for hydroxylation is 2. The number of rotatable bonds is 5. The second kappa shape index (κ2) is 6.75. The third-order valence-electron chi connectivity index (χ3n) is 2.94. The SMILES string of the molecule is C=CC(=C\C)/C(C=C)=N/c1cc(CC)ccc1C. The molecular formula is C17H21N. The Bertz CT molecular complexity index is 504. The van der Waals surface area contributed by atoms with Crippen LogP contribution < -0.4 is 0 Å². The molecule has 0 N–H and O–H groups in total. The molecule has 94 valence electrons. The van der Waals surface area contributed by atoms with E-state index in [-0.39, 0.29) is 0 Å². The van der Waals surface area contributed by atoms with Crippen LogP contribution in [0.1, 0.15) is 25.0 Å². The van der Waals surface area contributed by atoms with Crippen molar-refractivity contribution in [3.63, 3.8) is 0 Å². The normalized spacial score (nSPS) is 12.4. The summed E-state index contributed by atoms with van der Waals surface area (Å²) in [5.41, 5.74) is 5.34. The highest BCUT2D eigenvalue weighted by molar-refractivity contribution is 6.11. The summed E-state index contributed by atoms with van der Waals surface area (Å²) in [5, 5.41) is 0. The van der Waals surface area contributed by atoms with Gasteiger partial charge < -0.3 is 0 Å². The van der Waals surface area contributed by atoms with Gasteiger partial charge in [0.05, 0.1) is 11.4 Å². The Morgan fingerprint density at radius 3 is 2.50 bits per heavy atom. The van der Waals surface area contributed by atoms with Crippen molar-refractivity contribution < 1.29 is 0 Å². The van der Waals surface area contributed by atoms with Gasteiger partial charge in [0.25, 0.3) is 0 Å². The third-order valence-corrected chi connectivity index (χ3v) is 2.94. The molecule has 1 rings (SSSR count). The van der Waals surface area contributed by atoms with Gasteiger partial charge in [0.2, 0.25) is 0 Å². The molecule has 0 atom stereocenters. The first-order chi connectivity index (χ1) is 8.65. The van der Waals surface area contributed by atoms with Gasteiger partial charge in [0.1, 0.15) is 0 Å². The maximum absolute atomic E-state index is 4.69. The zero-order chi connectivity index (χ0) is 13.5. The van der Waals surface area contributed by atoms with E-state index >= 15 is 0 Å². The predicted octanol–water partition coefficient (Wildman–Crippen LogP) is 4.95. The van der Waals surface area contributed by atoms with Gasteiger partial charge in [-0.2, -0.15) is 0 Å². The lowest BCUT2D eigenvalue weighted by atomic mass is 10.1. The highest BCUT2D eigenvalue weighted by Gasteiger charge is 2.02. The minimum Gasteiger partial charge on any atom is -0.248 e. The smallest absolute Gasteiger partial charge is 0.0699 e. The maximum atomic E-state index is 4.69. The molecule has 0 unspecified atom stereocenters. The van der Waals surface area contributed by atoms with Crippen LogP contribution in [0.4, 0.5) is 5.69 Å². The van der Waals surface area contributed by atoms with Crippen molar-refractivity contribution in [2.24, 2.45) is 4.99 Å². The Labute approximate surface area is 110 Å². The average Bonchev–Trinajstić information content (AvgIpc) is 2.40. The molecule has 0 spiro atoms. The predicted molar refractivity (Wildman–Crippen MR) is 81.8 cm³/mol. The number of allylic oxidation sites excluding steroid dienone is 4. The fraction of sp³-hybridized carbons (Fsp3) is 0.235. The van der Waals surface area contributed by atoms with E-state index in [0.29, 0.717) is 0 Å². The van der Waals surface area contributed by atoms with E-state index in [0.717, 1.165) is 23.4 Å². The van der Waals surface area contributed by atoms with Gasteiger partial charge in [-0.3, -0.25) is 0 Å². The molecule has 1 nitrogen and oxygen atoms in total. The Kier molecular flexibility index (Phi) is 5.31. The monoisotopic (exact) mass is 239 g/mol. The van der Waals surface area contributed by atoms with Gasteiger partial charge in [0.15, 0.2) is 0 Å². The van der Waals surface area contributed by atoms with E-state index in [4.69, 9.17) is 0 Å². The summed E-state index contributed by atoms with van der Waals surface area (Å²) < 4.78 is 0. The molecule has 0 bridgehead atoms. The van der Waals surface area contributed by atoms with Crippen LogP contribution in [0.25, 0.3) is 0 Å². The molecular weight excluding hydrogens is 218 g/mol. The van der Waals surface area contributed by atoms with Crippen molar-refractivity contribution in [2.75, 3.05) is 0 Å². The highest BCUT2D eigenvalue weighted by atomic mass is 14.7. The van der Waals surface area contributed by atoms with Crippen LogP contribution in [-0.4, -0.2) is 5.71 Å². The summed E-state index contributed by atoms with van der Waals surface area (Å²) in [6, 6.07) is 6.39. The number of nitrogens with zero attached hydrogens (tertiary/aromatic N) is 1. The van der Waals surface area contributed by atoms with Crippen molar-refractivity contribution in [3.8, 4) is 0 Å². The molecule has 0 aliphatic heterocycles. The first-order valence-corrected chi connectivity index (χ1v) is 6.26. The standard InChI is InChI=1S/C17H21N/c1-6-14-11-10-13(5)17(12-14)18-16(9-4)15(7-2)8-3/h7-12H,2,4,6H2,1,3,5H3/b15-8+,18-16+. The largest absolute Gasteiger partial charge is 0.248 e.